The number of nitrogens with zero attached hydrogens (tertiary/aromatic N) is 2. The number of hydrogen-bond acceptors (Lipinski definition) is 7. The molecule has 0 saturated carbocycles. The van der Waals surface area contributed by atoms with Gasteiger partial charge in [0.05, 0.1) is 28.8 Å². The quantitative estimate of drug-likeness (QED) is 0.692. The fraction of sp³-hybridized carbons (Fsp3) is 0.389. The van der Waals surface area contributed by atoms with Gasteiger partial charge in [-0.3, -0.25) is 9.59 Å². The molecular formula is C18H22N4O4S3. The summed E-state index contributed by atoms with van der Waals surface area (Å²) in [4.78, 5) is 28.5. The SMILES string of the molecule is CC(=O)Nc1ccc(C)cc1S(=O)(=O)N1CSC[C@@H]1C(=O)NCc1csc(C)n1. The molecule has 1 aromatic carbocycles. The fourth-order valence-electron chi connectivity index (χ4n) is 2.92. The van der Waals surface area contributed by atoms with E-state index in [0.717, 1.165) is 16.3 Å². The van der Waals surface area contributed by atoms with Gasteiger partial charge in [0.25, 0.3) is 0 Å². The van der Waals surface area contributed by atoms with Crippen LogP contribution in [0.1, 0.15) is 23.2 Å². The topological polar surface area (TPSA) is 108 Å². The Labute approximate surface area is 178 Å². The van der Waals surface area contributed by atoms with Crippen molar-refractivity contribution >= 4 is 50.6 Å². The number of anilines is 1. The summed E-state index contributed by atoms with van der Waals surface area (Å²) >= 11 is 2.87. The summed E-state index contributed by atoms with van der Waals surface area (Å²) in [5.41, 5.74) is 1.69. The van der Waals surface area contributed by atoms with Gasteiger partial charge in [0, 0.05) is 18.1 Å². The minimum Gasteiger partial charge on any atom is -0.349 e. The summed E-state index contributed by atoms with van der Waals surface area (Å²) in [5.74, 6) is -0.196. The molecule has 2 N–H and O–H groups in total. The first kappa shape index (κ1) is 21.8. The number of sulfonamides is 1. The minimum atomic E-state index is -3.99. The van der Waals surface area contributed by atoms with Crippen LogP contribution in [0, 0.1) is 13.8 Å². The fourth-order valence-corrected chi connectivity index (χ4v) is 6.91. The van der Waals surface area contributed by atoms with Crippen molar-refractivity contribution in [3.05, 3.63) is 39.8 Å². The van der Waals surface area contributed by atoms with Crippen molar-refractivity contribution in [1.29, 1.82) is 0 Å². The Bertz CT molecular complexity index is 1040. The van der Waals surface area contributed by atoms with Crippen LogP contribution in [-0.2, 0) is 26.2 Å². The van der Waals surface area contributed by atoms with Gasteiger partial charge in [0.2, 0.25) is 21.8 Å². The molecule has 0 spiro atoms. The highest BCUT2D eigenvalue weighted by Gasteiger charge is 2.41. The standard InChI is InChI=1S/C18H22N4O4S3/c1-11-4-5-15(20-12(2)23)17(6-11)29(25,26)22-10-27-9-16(22)18(24)19-7-14-8-28-13(3)21-14/h4-6,8,16H,7,9-10H2,1-3H3,(H,19,24)(H,20,23)/t16-/m1/s1. The third-order valence-electron chi connectivity index (χ3n) is 4.29. The number of nitrogens with one attached hydrogen (secondary N) is 2. The highest BCUT2D eigenvalue weighted by atomic mass is 32.2. The summed E-state index contributed by atoms with van der Waals surface area (Å²) in [6, 6.07) is 3.97. The van der Waals surface area contributed by atoms with E-state index in [4.69, 9.17) is 0 Å². The second-order valence-electron chi connectivity index (χ2n) is 6.66. The van der Waals surface area contributed by atoms with Gasteiger partial charge >= 0.3 is 0 Å². The summed E-state index contributed by atoms with van der Waals surface area (Å²) in [6.07, 6.45) is 0. The monoisotopic (exact) mass is 454 g/mol. The maximum absolute atomic E-state index is 13.4. The van der Waals surface area contributed by atoms with Crippen LogP contribution in [0.3, 0.4) is 0 Å². The number of amides is 2. The van der Waals surface area contributed by atoms with Gasteiger partial charge in [-0.1, -0.05) is 6.07 Å². The van der Waals surface area contributed by atoms with Crippen molar-refractivity contribution in [3.63, 3.8) is 0 Å². The van der Waals surface area contributed by atoms with Crippen LogP contribution in [-0.4, -0.2) is 47.2 Å². The first-order chi connectivity index (χ1) is 13.7. The lowest BCUT2D eigenvalue weighted by molar-refractivity contribution is -0.124. The Morgan fingerprint density at radius 3 is 2.72 bits per heavy atom. The smallest absolute Gasteiger partial charge is 0.246 e. The molecule has 1 aliphatic rings. The molecule has 29 heavy (non-hydrogen) atoms. The van der Waals surface area contributed by atoms with Crippen LogP contribution < -0.4 is 10.6 Å². The van der Waals surface area contributed by atoms with Crippen molar-refractivity contribution in [2.75, 3.05) is 16.9 Å². The molecule has 11 heteroatoms. The minimum absolute atomic E-state index is 0.0110. The molecule has 8 nitrogen and oxygen atoms in total. The number of thioether (sulfide) groups is 1. The van der Waals surface area contributed by atoms with E-state index >= 15 is 0 Å². The third-order valence-corrected chi connectivity index (χ3v) is 8.18. The molecule has 1 aliphatic heterocycles. The Morgan fingerprint density at radius 2 is 2.07 bits per heavy atom. The van der Waals surface area contributed by atoms with E-state index in [1.54, 1.807) is 19.1 Å². The van der Waals surface area contributed by atoms with E-state index in [0.29, 0.717) is 5.75 Å². The summed E-state index contributed by atoms with van der Waals surface area (Å²) < 4.78 is 27.9. The zero-order valence-electron chi connectivity index (χ0n) is 16.3. The van der Waals surface area contributed by atoms with Crippen molar-refractivity contribution in [1.82, 2.24) is 14.6 Å². The summed E-state index contributed by atoms with van der Waals surface area (Å²) in [5, 5.41) is 8.11. The van der Waals surface area contributed by atoms with Crippen molar-refractivity contribution in [2.24, 2.45) is 0 Å². The number of aromatic nitrogens is 1. The van der Waals surface area contributed by atoms with E-state index in [9.17, 15) is 18.0 Å². The molecule has 0 unspecified atom stereocenters. The number of benzene rings is 1. The van der Waals surface area contributed by atoms with Crippen LogP contribution in [0.5, 0.6) is 0 Å². The molecule has 1 atom stereocenters. The van der Waals surface area contributed by atoms with Crippen LogP contribution in [0.2, 0.25) is 0 Å². The zero-order chi connectivity index (χ0) is 21.2. The Morgan fingerprint density at radius 1 is 1.31 bits per heavy atom. The van der Waals surface area contributed by atoms with E-state index in [-0.39, 0.29) is 34.8 Å². The lowest BCUT2D eigenvalue weighted by Gasteiger charge is -2.24. The molecule has 2 aromatic rings. The Balaban J connectivity index is 1.83. The van der Waals surface area contributed by atoms with Gasteiger partial charge in [0.15, 0.2) is 0 Å². The second-order valence-corrected chi connectivity index (χ2v) is 10.6. The predicted molar refractivity (Wildman–Crippen MR) is 114 cm³/mol. The molecule has 2 heterocycles. The third kappa shape index (κ3) is 4.97. The zero-order valence-corrected chi connectivity index (χ0v) is 18.7. The molecule has 1 aromatic heterocycles. The Kier molecular flexibility index (Phi) is 6.62. The van der Waals surface area contributed by atoms with E-state index in [1.807, 2.05) is 12.3 Å². The van der Waals surface area contributed by atoms with Crippen molar-refractivity contribution in [2.45, 2.75) is 38.3 Å². The number of rotatable bonds is 6. The van der Waals surface area contributed by atoms with Crippen LogP contribution in [0.4, 0.5) is 5.69 Å². The first-order valence-electron chi connectivity index (χ1n) is 8.85. The molecule has 3 rings (SSSR count). The summed E-state index contributed by atoms with van der Waals surface area (Å²) in [6.45, 7) is 5.22. The average Bonchev–Trinajstić information content (AvgIpc) is 3.30. The predicted octanol–water partition coefficient (Wildman–Crippen LogP) is 2.10. The van der Waals surface area contributed by atoms with Crippen molar-refractivity contribution in [3.8, 4) is 0 Å². The van der Waals surface area contributed by atoms with Gasteiger partial charge in [-0.25, -0.2) is 13.4 Å². The van der Waals surface area contributed by atoms with Gasteiger partial charge in [-0.2, -0.15) is 4.31 Å². The van der Waals surface area contributed by atoms with Crippen molar-refractivity contribution < 1.29 is 18.0 Å². The molecule has 2 amide bonds. The largest absolute Gasteiger partial charge is 0.349 e. The lowest BCUT2D eigenvalue weighted by atomic mass is 10.2. The molecule has 1 fully saturated rings. The summed E-state index contributed by atoms with van der Waals surface area (Å²) in [7, 11) is -3.99. The lowest BCUT2D eigenvalue weighted by Crippen LogP contribution is -2.47. The second kappa shape index (κ2) is 8.82. The number of carbonyl (C=O) groups excluding carboxylic acids is 2. The van der Waals surface area contributed by atoms with Gasteiger partial charge in [-0.15, -0.1) is 23.1 Å². The maximum atomic E-state index is 13.4. The molecule has 0 radical (unpaired) electrons. The molecule has 1 saturated heterocycles. The molecular weight excluding hydrogens is 432 g/mol. The normalized spacial score (nSPS) is 17.3. The first-order valence-corrected chi connectivity index (χ1v) is 12.3. The van der Waals surface area contributed by atoms with Crippen LogP contribution in [0.25, 0.3) is 0 Å². The highest BCUT2D eigenvalue weighted by Crippen LogP contribution is 2.32. The number of aryl methyl sites for hydroxylation is 2. The number of carbonyl (C=O) groups is 2. The number of hydrogen-bond donors (Lipinski definition) is 2. The van der Waals surface area contributed by atoms with E-state index in [1.165, 1.54) is 40.4 Å². The van der Waals surface area contributed by atoms with E-state index < -0.39 is 16.1 Å². The maximum Gasteiger partial charge on any atom is 0.246 e. The van der Waals surface area contributed by atoms with Gasteiger partial charge in [-0.05, 0) is 31.5 Å². The average molecular weight is 455 g/mol. The van der Waals surface area contributed by atoms with Gasteiger partial charge < -0.3 is 10.6 Å². The van der Waals surface area contributed by atoms with Gasteiger partial charge in [0.1, 0.15) is 10.9 Å². The highest BCUT2D eigenvalue weighted by molar-refractivity contribution is 8.00. The molecule has 156 valence electrons. The van der Waals surface area contributed by atoms with E-state index in [2.05, 4.69) is 15.6 Å². The number of thiazole rings is 1. The van der Waals surface area contributed by atoms with Crippen LogP contribution in [0.15, 0.2) is 28.5 Å². The van der Waals surface area contributed by atoms with Crippen LogP contribution >= 0.6 is 23.1 Å². The molecule has 0 bridgehead atoms. The molecule has 0 aliphatic carbocycles. The Hall–Kier alpha value is -1.95.